The van der Waals surface area contributed by atoms with Crippen molar-refractivity contribution in [3.63, 3.8) is 0 Å². The maximum absolute atomic E-state index is 11.7. The van der Waals surface area contributed by atoms with Crippen molar-refractivity contribution in [1.82, 2.24) is 4.90 Å². The van der Waals surface area contributed by atoms with Gasteiger partial charge in [-0.05, 0) is 12.8 Å². The van der Waals surface area contributed by atoms with Gasteiger partial charge in [0, 0.05) is 13.2 Å². The van der Waals surface area contributed by atoms with Crippen LogP contribution in [-0.2, 0) is 14.3 Å². The van der Waals surface area contributed by atoms with Crippen molar-refractivity contribution >= 4 is 23.6 Å². The minimum Gasteiger partial charge on any atom is -0.480 e. The average Bonchev–Trinajstić information content (AvgIpc) is 2.62. The van der Waals surface area contributed by atoms with Crippen LogP contribution in [0.4, 0.5) is 0 Å². The van der Waals surface area contributed by atoms with Gasteiger partial charge in [0.1, 0.15) is 17.5 Å². The summed E-state index contributed by atoms with van der Waals surface area (Å²) in [7, 11) is 0. The van der Waals surface area contributed by atoms with Gasteiger partial charge in [-0.1, -0.05) is 0 Å². The van der Waals surface area contributed by atoms with E-state index in [9.17, 15) is 14.7 Å². The Labute approximate surface area is 102 Å². The fourth-order valence-electron chi connectivity index (χ4n) is 2.93. The molecule has 0 aromatic heterocycles. The van der Waals surface area contributed by atoms with Crippen molar-refractivity contribution in [2.75, 3.05) is 13.2 Å². The number of hydrogen-bond acceptors (Lipinski definition) is 5. The lowest BCUT2D eigenvalue weighted by Crippen LogP contribution is -2.69. The predicted octanol–water partition coefficient (Wildman–Crippen LogP) is -0.769. The van der Waals surface area contributed by atoms with Crippen molar-refractivity contribution in [2.45, 2.75) is 35.0 Å². The van der Waals surface area contributed by atoms with E-state index in [1.54, 1.807) is 11.8 Å². The number of thioether (sulfide) groups is 1. The van der Waals surface area contributed by atoms with Crippen LogP contribution in [0.25, 0.3) is 0 Å². The molecule has 0 bridgehead atoms. The zero-order valence-electron chi connectivity index (χ0n) is 9.17. The summed E-state index contributed by atoms with van der Waals surface area (Å²) in [5.41, 5.74) is 5.72. The van der Waals surface area contributed by atoms with E-state index in [4.69, 9.17) is 10.5 Å². The van der Waals surface area contributed by atoms with Gasteiger partial charge >= 0.3 is 5.97 Å². The first-order chi connectivity index (χ1) is 8.07. The molecule has 0 aromatic rings. The number of carbonyl (C=O) groups excluding carboxylic acids is 1. The molecular weight excluding hydrogens is 244 g/mol. The van der Waals surface area contributed by atoms with Crippen molar-refractivity contribution in [1.29, 1.82) is 0 Å². The summed E-state index contributed by atoms with van der Waals surface area (Å²) in [5.74, 6) is -1.17. The molecule has 0 radical (unpaired) electrons. The number of β-lactam (4-membered cyclic amide) rings is 1. The molecule has 3 fully saturated rings. The molecule has 3 aliphatic heterocycles. The van der Waals surface area contributed by atoms with E-state index in [1.807, 2.05) is 0 Å². The van der Waals surface area contributed by atoms with Gasteiger partial charge in [-0.2, -0.15) is 0 Å². The first kappa shape index (κ1) is 11.3. The van der Waals surface area contributed by atoms with Gasteiger partial charge < -0.3 is 20.5 Å². The quantitative estimate of drug-likeness (QED) is 0.600. The Kier molecular flexibility index (Phi) is 2.39. The number of nitrogens with zero attached hydrogens (tertiary/aromatic N) is 1. The Morgan fingerprint density at radius 2 is 2.18 bits per heavy atom. The summed E-state index contributed by atoms with van der Waals surface area (Å²) in [6.45, 7) is 1.11. The number of nitrogens with two attached hydrogens (primary N) is 1. The van der Waals surface area contributed by atoms with Crippen LogP contribution < -0.4 is 5.73 Å². The number of carboxylic acid groups (broad SMARTS) is 1. The van der Waals surface area contributed by atoms with Crippen molar-refractivity contribution in [3.05, 3.63) is 0 Å². The number of aliphatic carboxylic acids is 1. The first-order valence-electron chi connectivity index (χ1n) is 5.63. The van der Waals surface area contributed by atoms with Crippen LogP contribution >= 0.6 is 11.8 Å². The van der Waals surface area contributed by atoms with Gasteiger partial charge in [0.25, 0.3) is 0 Å². The molecular formula is C10H14N2O4S. The molecule has 3 unspecified atom stereocenters. The molecule has 7 heteroatoms. The number of rotatable bonds is 1. The van der Waals surface area contributed by atoms with Gasteiger partial charge in [-0.3, -0.25) is 4.79 Å². The van der Waals surface area contributed by atoms with E-state index < -0.39 is 22.8 Å². The molecule has 0 aromatic carbocycles. The zero-order chi connectivity index (χ0) is 12.2. The average molecular weight is 258 g/mol. The number of carbonyl (C=O) groups is 2. The third-order valence-corrected chi connectivity index (χ3v) is 5.69. The molecule has 0 saturated carbocycles. The molecule has 3 atom stereocenters. The van der Waals surface area contributed by atoms with E-state index in [-0.39, 0.29) is 11.3 Å². The fraction of sp³-hybridized carbons (Fsp3) is 0.800. The Hall–Kier alpha value is -0.790. The van der Waals surface area contributed by atoms with Gasteiger partial charge in [-0.15, -0.1) is 11.8 Å². The van der Waals surface area contributed by atoms with Gasteiger partial charge in [0.2, 0.25) is 5.91 Å². The highest BCUT2D eigenvalue weighted by Gasteiger charge is 2.65. The standard InChI is InChI=1S/C10H14N2O4S/c11-5-7(13)12-6(9(14)15)10(17-8(5)12)1-3-16-4-2-10/h5-6,8H,1-4,11H2,(H,14,15). The van der Waals surface area contributed by atoms with Crippen LogP contribution in [0.1, 0.15) is 12.8 Å². The van der Waals surface area contributed by atoms with Gasteiger partial charge in [-0.25, -0.2) is 4.79 Å². The molecule has 0 aliphatic carbocycles. The van der Waals surface area contributed by atoms with Crippen LogP contribution in [0, 0.1) is 0 Å². The molecule has 1 amide bonds. The number of amides is 1. The Morgan fingerprint density at radius 3 is 2.76 bits per heavy atom. The van der Waals surface area contributed by atoms with Crippen LogP contribution in [-0.4, -0.2) is 57.3 Å². The Balaban J connectivity index is 1.94. The lowest BCUT2D eigenvalue weighted by molar-refractivity contribution is -0.160. The van der Waals surface area contributed by atoms with E-state index in [2.05, 4.69) is 0 Å². The van der Waals surface area contributed by atoms with E-state index in [1.165, 1.54) is 4.90 Å². The third-order valence-electron chi connectivity index (χ3n) is 3.83. The van der Waals surface area contributed by atoms with E-state index in [0.717, 1.165) is 0 Å². The highest BCUT2D eigenvalue weighted by Crippen LogP contribution is 2.54. The summed E-state index contributed by atoms with van der Waals surface area (Å²) in [4.78, 5) is 24.6. The summed E-state index contributed by atoms with van der Waals surface area (Å²) in [5, 5.41) is 9.20. The third kappa shape index (κ3) is 1.36. The summed E-state index contributed by atoms with van der Waals surface area (Å²) in [6, 6.07) is -1.28. The maximum Gasteiger partial charge on any atom is 0.327 e. The summed E-state index contributed by atoms with van der Waals surface area (Å²) in [6.07, 6.45) is 1.34. The molecule has 94 valence electrons. The number of hydrogen-bond donors (Lipinski definition) is 2. The van der Waals surface area contributed by atoms with Crippen molar-refractivity contribution in [2.24, 2.45) is 5.73 Å². The number of carboxylic acids is 1. The molecule has 3 N–H and O–H groups in total. The van der Waals surface area contributed by atoms with E-state index in [0.29, 0.717) is 26.1 Å². The normalized spacial score (nSPS) is 39.0. The number of fused-ring (bicyclic) bond motifs is 1. The SMILES string of the molecule is NC1C(=O)N2C1SC1(CCOCC1)C2C(=O)O. The van der Waals surface area contributed by atoms with Gasteiger partial charge in [0.15, 0.2) is 0 Å². The topological polar surface area (TPSA) is 92.9 Å². The Bertz CT molecular complexity index is 383. The van der Waals surface area contributed by atoms with E-state index >= 15 is 0 Å². The van der Waals surface area contributed by atoms with Gasteiger partial charge in [0.05, 0.1) is 4.75 Å². The van der Waals surface area contributed by atoms with Crippen molar-refractivity contribution < 1.29 is 19.4 Å². The minimum absolute atomic E-state index is 0.165. The Morgan fingerprint density at radius 1 is 1.53 bits per heavy atom. The highest BCUT2D eigenvalue weighted by atomic mass is 32.2. The smallest absolute Gasteiger partial charge is 0.327 e. The summed E-state index contributed by atoms with van der Waals surface area (Å²) >= 11 is 1.55. The minimum atomic E-state index is -0.929. The molecule has 1 spiro atoms. The molecule has 3 heterocycles. The molecule has 3 aliphatic rings. The molecule has 3 rings (SSSR count). The zero-order valence-corrected chi connectivity index (χ0v) is 9.98. The lowest BCUT2D eigenvalue weighted by atomic mass is 9.87. The molecule has 17 heavy (non-hydrogen) atoms. The van der Waals surface area contributed by atoms with Crippen LogP contribution in [0.15, 0.2) is 0 Å². The molecule has 3 saturated heterocycles. The van der Waals surface area contributed by atoms with Crippen LogP contribution in [0.5, 0.6) is 0 Å². The first-order valence-corrected chi connectivity index (χ1v) is 6.51. The fourth-order valence-corrected chi connectivity index (χ4v) is 4.75. The summed E-state index contributed by atoms with van der Waals surface area (Å²) < 4.78 is 4.88. The number of ether oxygens (including phenoxy) is 1. The second kappa shape index (κ2) is 3.60. The van der Waals surface area contributed by atoms with Crippen LogP contribution in [0.2, 0.25) is 0 Å². The predicted molar refractivity (Wildman–Crippen MR) is 60.4 cm³/mol. The largest absolute Gasteiger partial charge is 0.480 e. The van der Waals surface area contributed by atoms with Crippen LogP contribution in [0.3, 0.4) is 0 Å². The monoisotopic (exact) mass is 258 g/mol. The van der Waals surface area contributed by atoms with Crippen molar-refractivity contribution in [3.8, 4) is 0 Å². The second-order valence-electron chi connectivity index (χ2n) is 4.70. The maximum atomic E-state index is 11.7. The molecule has 6 nitrogen and oxygen atoms in total. The highest BCUT2D eigenvalue weighted by molar-refractivity contribution is 8.01. The second-order valence-corrected chi connectivity index (χ2v) is 6.23. The lowest BCUT2D eigenvalue weighted by Gasteiger charge is -2.42.